The van der Waals surface area contributed by atoms with Crippen molar-refractivity contribution in [2.24, 2.45) is 0 Å². The summed E-state index contributed by atoms with van der Waals surface area (Å²) in [7, 11) is 0. The van der Waals surface area contributed by atoms with E-state index >= 15 is 0 Å². The third-order valence-electron chi connectivity index (χ3n) is 10.5. The van der Waals surface area contributed by atoms with E-state index in [1.54, 1.807) is 6.08 Å². The van der Waals surface area contributed by atoms with Crippen LogP contribution >= 0.6 is 0 Å². The molecular formula is C47H89NO4. The Bertz CT molecular complexity index is 809. The lowest BCUT2D eigenvalue weighted by atomic mass is 10.0. The molecule has 0 spiro atoms. The molecule has 0 aliphatic heterocycles. The number of nitrogens with one attached hydrogen (secondary N) is 1. The summed E-state index contributed by atoms with van der Waals surface area (Å²) in [5.41, 5.74) is 0. The zero-order valence-electron chi connectivity index (χ0n) is 34.7. The zero-order chi connectivity index (χ0) is 38.0. The Morgan fingerprint density at radius 1 is 0.519 bits per heavy atom. The van der Waals surface area contributed by atoms with Crippen molar-refractivity contribution in [3.05, 3.63) is 36.5 Å². The number of rotatable bonds is 41. The lowest BCUT2D eigenvalue weighted by molar-refractivity contribution is -0.124. The number of aliphatic hydroxyl groups is 3. The van der Waals surface area contributed by atoms with Gasteiger partial charge in [0.25, 0.3) is 0 Å². The maximum Gasteiger partial charge on any atom is 0.222 e. The Hall–Kier alpha value is -1.43. The quantitative estimate of drug-likeness (QED) is 0.0372. The molecule has 0 aromatic heterocycles. The lowest BCUT2D eigenvalue weighted by Gasteiger charge is -2.21. The molecule has 0 aliphatic carbocycles. The molecule has 5 nitrogen and oxygen atoms in total. The van der Waals surface area contributed by atoms with Crippen LogP contribution in [0.3, 0.4) is 0 Å². The number of carbonyl (C=O) groups excluding carboxylic acids is 1. The third kappa shape index (κ3) is 38.3. The highest BCUT2D eigenvalue weighted by molar-refractivity contribution is 5.76. The summed E-state index contributed by atoms with van der Waals surface area (Å²) in [6, 6.07) is -0.763. The van der Waals surface area contributed by atoms with E-state index in [-0.39, 0.29) is 18.9 Å². The highest BCUT2D eigenvalue weighted by Crippen LogP contribution is 2.17. The van der Waals surface area contributed by atoms with Crippen LogP contribution in [-0.4, -0.2) is 46.1 Å². The Kier molecular flexibility index (Phi) is 41.1. The molecule has 4 N–H and O–H groups in total. The molecule has 0 rings (SSSR count). The van der Waals surface area contributed by atoms with Gasteiger partial charge in [0.2, 0.25) is 5.91 Å². The standard InChI is InChI=1S/C47H89NO4/c1-3-5-7-9-11-13-14-15-16-17-18-19-20-21-22-23-24-25-26-27-28-29-30-31-33-34-36-38-40-44(50)42-47(52)48-45(43-49)46(51)41-39-37-35-32-12-10-8-6-4-2/h4,6,12,32,39,41,44-46,49-51H,3,5,7-11,13-31,33-38,40,42-43H2,1-2H3,(H,48,52)/b6-4+,32-12+,41-39+. The number of hydrogen-bond donors (Lipinski definition) is 4. The molecule has 0 bridgehead atoms. The Morgan fingerprint density at radius 3 is 1.23 bits per heavy atom. The molecule has 0 fully saturated rings. The van der Waals surface area contributed by atoms with Crippen LogP contribution in [0, 0.1) is 0 Å². The highest BCUT2D eigenvalue weighted by Gasteiger charge is 2.20. The molecule has 0 aliphatic rings. The van der Waals surface area contributed by atoms with Crippen molar-refractivity contribution in [3.8, 4) is 0 Å². The fraction of sp³-hybridized carbons (Fsp3) is 0.851. The Balaban J connectivity index is 3.49. The molecule has 0 aromatic rings. The Labute approximate surface area is 324 Å². The van der Waals surface area contributed by atoms with Crippen LogP contribution in [0.4, 0.5) is 0 Å². The van der Waals surface area contributed by atoms with Crippen LogP contribution in [0.15, 0.2) is 36.5 Å². The summed E-state index contributed by atoms with van der Waals surface area (Å²) in [6.07, 6.45) is 53.4. The highest BCUT2D eigenvalue weighted by atomic mass is 16.3. The van der Waals surface area contributed by atoms with Crippen molar-refractivity contribution in [1.82, 2.24) is 5.32 Å². The van der Waals surface area contributed by atoms with Crippen LogP contribution in [0.1, 0.15) is 232 Å². The molecule has 0 saturated carbocycles. The molecule has 3 atom stereocenters. The summed E-state index contributed by atoms with van der Waals surface area (Å²) < 4.78 is 0. The molecule has 0 radical (unpaired) electrons. The van der Waals surface area contributed by atoms with Gasteiger partial charge < -0.3 is 20.6 Å². The second-order valence-corrected chi connectivity index (χ2v) is 15.7. The van der Waals surface area contributed by atoms with E-state index in [0.29, 0.717) is 6.42 Å². The van der Waals surface area contributed by atoms with Gasteiger partial charge in [-0.1, -0.05) is 223 Å². The maximum absolute atomic E-state index is 12.4. The molecular weight excluding hydrogens is 643 g/mol. The number of amides is 1. The van der Waals surface area contributed by atoms with Gasteiger partial charge in [0, 0.05) is 0 Å². The van der Waals surface area contributed by atoms with Crippen molar-refractivity contribution in [2.75, 3.05) is 6.61 Å². The molecule has 3 unspecified atom stereocenters. The van der Waals surface area contributed by atoms with E-state index in [2.05, 4.69) is 36.5 Å². The van der Waals surface area contributed by atoms with Crippen molar-refractivity contribution in [2.45, 2.75) is 250 Å². The predicted molar refractivity (Wildman–Crippen MR) is 227 cm³/mol. The van der Waals surface area contributed by atoms with E-state index in [0.717, 1.165) is 38.5 Å². The van der Waals surface area contributed by atoms with Crippen molar-refractivity contribution in [3.63, 3.8) is 0 Å². The minimum absolute atomic E-state index is 0.00442. The monoisotopic (exact) mass is 732 g/mol. The molecule has 0 saturated heterocycles. The molecule has 1 amide bonds. The average Bonchev–Trinajstić information content (AvgIpc) is 3.14. The summed E-state index contributed by atoms with van der Waals surface area (Å²) >= 11 is 0. The van der Waals surface area contributed by atoms with Gasteiger partial charge in [0.05, 0.1) is 31.3 Å². The van der Waals surface area contributed by atoms with Crippen molar-refractivity contribution in [1.29, 1.82) is 0 Å². The Morgan fingerprint density at radius 2 is 0.865 bits per heavy atom. The van der Waals surface area contributed by atoms with Crippen LogP contribution in [0.2, 0.25) is 0 Å². The van der Waals surface area contributed by atoms with E-state index in [4.69, 9.17) is 0 Å². The number of aliphatic hydroxyl groups excluding tert-OH is 3. The number of hydrogen-bond acceptors (Lipinski definition) is 4. The normalized spacial score (nSPS) is 13.9. The predicted octanol–water partition coefficient (Wildman–Crippen LogP) is 13.2. The molecule has 0 aromatic carbocycles. The first kappa shape index (κ1) is 50.6. The first-order valence-corrected chi connectivity index (χ1v) is 22.7. The van der Waals surface area contributed by atoms with Crippen LogP contribution in [-0.2, 0) is 4.79 Å². The number of unbranched alkanes of at least 4 members (excludes halogenated alkanes) is 29. The third-order valence-corrected chi connectivity index (χ3v) is 10.5. The van der Waals surface area contributed by atoms with Crippen molar-refractivity contribution >= 4 is 5.91 Å². The van der Waals surface area contributed by atoms with Gasteiger partial charge in [-0.25, -0.2) is 0 Å². The number of carbonyl (C=O) groups is 1. The summed E-state index contributed by atoms with van der Waals surface area (Å²) in [4.78, 5) is 12.4. The average molecular weight is 732 g/mol. The maximum atomic E-state index is 12.4. The van der Waals surface area contributed by atoms with Crippen molar-refractivity contribution < 1.29 is 20.1 Å². The number of allylic oxidation sites excluding steroid dienone is 5. The fourth-order valence-corrected chi connectivity index (χ4v) is 7.03. The van der Waals surface area contributed by atoms with Gasteiger partial charge >= 0.3 is 0 Å². The topological polar surface area (TPSA) is 89.8 Å². The SMILES string of the molecule is C/C=C/CC/C=C/CC/C=C/C(O)C(CO)NC(=O)CC(O)CCCCCCCCCCCCCCCCCCCCCCCCCCCCCC. The van der Waals surface area contributed by atoms with E-state index in [9.17, 15) is 20.1 Å². The van der Waals surface area contributed by atoms with Gasteiger partial charge in [-0.3, -0.25) is 4.79 Å². The van der Waals surface area contributed by atoms with Crippen LogP contribution < -0.4 is 5.32 Å². The minimum Gasteiger partial charge on any atom is -0.394 e. The molecule has 52 heavy (non-hydrogen) atoms. The summed E-state index contributed by atoms with van der Waals surface area (Å²) in [5.74, 6) is -0.330. The second kappa shape index (κ2) is 42.3. The van der Waals surface area contributed by atoms with Gasteiger partial charge in [-0.15, -0.1) is 0 Å². The van der Waals surface area contributed by atoms with E-state index in [1.165, 1.54) is 167 Å². The van der Waals surface area contributed by atoms with Gasteiger partial charge in [-0.2, -0.15) is 0 Å². The molecule has 0 heterocycles. The lowest BCUT2D eigenvalue weighted by Crippen LogP contribution is -2.45. The fourth-order valence-electron chi connectivity index (χ4n) is 7.03. The largest absolute Gasteiger partial charge is 0.394 e. The van der Waals surface area contributed by atoms with Crippen LogP contribution in [0.5, 0.6) is 0 Å². The summed E-state index contributed by atoms with van der Waals surface area (Å²) in [5, 5.41) is 33.0. The molecule has 306 valence electrons. The second-order valence-electron chi connectivity index (χ2n) is 15.7. The smallest absolute Gasteiger partial charge is 0.222 e. The first-order valence-electron chi connectivity index (χ1n) is 22.7. The summed E-state index contributed by atoms with van der Waals surface area (Å²) in [6.45, 7) is 3.97. The first-order chi connectivity index (χ1) is 25.5. The van der Waals surface area contributed by atoms with E-state index in [1.807, 2.05) is 13.0 Å². The van der Waals surface area contributed by atoms with Gasteiger partial charge in [-0.05, 0) is 39.0 Å². The minimum atomic E-state index is -0.955. The van der Waals surface area contributed by atoms with Crippen LogP contribution in [0.25, 0.3) is 0 Å². The van der Waals surface area contributed by atoms with Gasteiger partial charge in [0.15, 0.2) is 0 Å². The zero-order valence-corrected chi connectivity index (χ0v) is 34.7. The van der Waals surface area contributed by atoms with E-state index < -0.39 is 18.2 Å². The molecule has 5 heteroatoms. The van der Waals surface area contributed by atoms with Gasteiger partial charge in [0.1, 0.15) is 0 Å².